The summed E-state index contributed by atoms with van der Waals surface area (Å²) in [6.07, 6.45) is 2.73. The highest BCUT2D eigenvalue weighted by Crippen LogP contribution is 2.29. The fraction of sp³-hybridized carbons (Fsp3) is 0.600. The van der Waals surface area contributed by atoms with E-state index in [-0.39, 0.29) is 11.7 Å². The number of aromatic amines is 1. The van der Waals surface area contributed by atoms with Gasteiger partial charge in [0.25, 0.3) is 0 Å². The zero-order valence-electron chi connectivity index (χ0n) is 15.8. The second kappa shape index (κ2) is 7.94. The Balaban J connectivity index is 1.29. The molecule has 2 aliphatic heterocycles. The van der Waals surface area contributed by atoms with E-state index in [0.717, 1.165) is 55.9 Å². The lowest BCUT2D eigenvalue weighted by atomic mass is 9.95. The van der Waals surface area contributed by atoms with Gasteiger partial charge in [0, 0.05) is 39.1 Å². The molecule has 27 heavy (non-hydrogen) atoms. The quantitative estimate of drug-likeness (QED) is 0.843. The lowest BCUT2D eigenvalue weighted by Crippen LogP contribution is -2.37. The van der Waals surface area contributed by atoms with Crippen LogP contribution in [0.3, 0.4) is 0 Å². The Morgan fingerprint density at radius 3 is 2.93 bits per heavy atom. The van der Waals surface area contributed by atoms with Gasteiger partial charge in [-0.3, -0.25) is 4.79 Å². The molecule has 2 saturated heterocycles. The van der Waals surface area contributed by atoms with Crippen molar-refractivity contribution in [1.29, 1.82) is 0 Å². The molecule has 1 amide bonds. The van der Waals surface area contributed by atoms with E-state index in [9.17, 15) is 9.18 Å². The molecule has 2 aliphatic rings. The standard InChI is InChI=1S/C20H27FN4O2/c1-27-9-8-25-13-14(10-19(25)26)12-24-6-4-15(5-7-24)20-22-17-3-2-16(21)11-18(17)23-20/h2-3,11,14-15H,4-10,12-13H2,1H3,(H,22,23)/t14-/m1/s1. The number of aromatic nitrogens is 2. The predicted octanol–water partition coefficient (Wildman–Crippen LogP) is 2.38. The highest BCUT2D eigenvalue weighted by Gasteiger charge is 2.32. The number of amides is 1. The third-order valence-electron chi connectivity index (χ3n) is 5.81. The first-order valence-electron chi connectivity index (χ1n) is 9.76. The number of benzene rings is 1. The van der Waals surface area contributed by atoms with E-state index in [2.05, 4.69) is 14.9 Å². The smallest absolute Gasteiger partial charge is 0.223 e. The van der Waals surface area contributed by atoms with Gasteiger partial charge < -0.3 is 19.5 Å². The van der Waals surface area contributed by atoms with Gasteiger partial charge in [-0.25, -0.2) is 9.37 Å². The van der Waals surface area contributed by atoms with Crippen molar-refractivity contribution in [2.75, 3.05) is 46.4 Å². The van der Waals surface area contributed by atoms with Gasteiger partial charge >= 0.3 is 0 Å². The molecule has 6 nitrogen and oxygen atoms in total. The van der Waals surface area contributed by atoms with Crippen LogP contribution in [0.25, 0.3) is 11.0 Å². The molecule has 0 bridgehead atoms. The Morgan fingerprint density at radius 2 is 2.15 bits per heavy atom. The molecule has 7 heteroatoms. The summed E-state index contributed by atoms with van der Waals surface area (Å²) in [7, 11) is 1.67. The summed E-state index contributed by atoms with van der Waals surface area (Å²) in [5.74, 6) is 1.79. The summed E-state index contributed by atoms with van der Waals surface area (Å²) >= 11 is 0. The summed E-state index contributed by atoms with van der Waals surface area (Å²) < 4.78 is 18.5. The molecule has 0 radical (unpaired) electrons. The molecule has 1 N–H and O–H groups in total. The molecule has 0 aliphatic carbocycles. The van der Waals surface area contributed by atoms with Gasteiger partial charge in [0.2, 0.25) is 5.91 Å². The SMILES string of the molecule is COCCN1C[C@@H](CN2CCC(c3nc4ccc(F)cc4[nH]3)CC2)CC1=O. The normalized spacial score (nSPS) is 22.2. The van der Waals surface area contributed by atoms with E-state index in [1.165, 1.54) is 12.1 Å². The first kappa shape index (κ1) is 18.4. The lowest BCUT2D eigenvalue weighted by molar-refractivity contribution is -0.128. The first-order valence-corrected chi connectivity index (χ1v) is 9.76. The van der Waals surface area contributed by atoms with E-state index in [1.807, 2.05) is 4.90 Å². The number of piperidine rings is 1. The Labute approximate surface area is 158 Å². The molecule has 0 unspecified atom stereocenters. The van der Waals surface area contributed by atoms with Crippen LogP contribution in [-0.2, 0) is 9.53 Å². The van der Waals surface area contributed by atoms with E-state index in [1.54, 1.807) is 13.2 Å². The van der Waals surface area contributed by atoms with Crippen LogP contribution < -0.4 is 0 Å². The van der Waals surface area contributed by atoms with Crippen LogP contribution >= 0.6 is 0 Å². The average molecular weight is 374 g/mol. The number of fused-ring (bicyclic) bond motifs is 1. The first-order chi connectivity index (χ1) is 13.1. The summed E-state index contributed by atoms with van der Waals surface area (Å²) in [5, 5.41) is 0. The molecule has 146 valence electrons. The molecule has 0 spiro atoms. The summed E-state index contributed by atoms with van der Waals surface area (Å²) in [6, 6.07) is 4.69. The van der Waals surface area contributed by atoms with Crippen molar-refractivity contribution in [3.05, 3.63) is 29.8 Å². The molecule has 2 aromatic rings. The molecular formula is C20H27FN4O2. The Hall–Kier alpha value is -1.99. The van der Waals surface area contributed by atoms with E-state index < -0.39 is 0 Å². The fourth-order valence-corrected chi connectivity index (χ4v) is 4.34. The Morgan fingerprint density at radius 1 is 1.33 bits per heavy atom. The number of H-pyrrole nitrogens is 1. The minimum absolute atomic E-state index is 0.238. The molecular weight excluding hydrogens is 347 g/mol. The molecule has 1 aromatic carbocycles. The van der Waals surface area contributed by atoms with Crippen LogP contribution in [0.15, 0.2) is 18.2 Å². The summed E-state index contributed by atoms with van der Waals surface area (Å²) in [6.45, 7) is 5.15. The number of methoxy groups -OCH3 is 1. The van der Waals surface area contributed by atoms with Gasteiger partial charge in [0.05, 0.1) is 17.6 Å². The third kappa shape index (κ3) is 4.14. The number of hydrogen-bond donors (Lipinski definition) is 1. The maximum absolute atomic E-state index is 13.4. The number of carbonyl (C=O) groups excluding carboxylic acids is 1. The topological polar surface area (TPSA) is 61.5 Å². The maximum atomic E-state index is 13.4. The number of ether oxygens (including phenoxy) is 1. The number of rotatable bonds is 6. The van der Waals surface area contributed by atoms with Crippen molar-refractivity contribution in [1.82, 2.24) is 19.8 Å². The van der Waals surface area contributed by atoms with Crippen LogP contribution in [0.4, 0.5) is 4.39 Å². The van der Waals surface area contributed by atoms with Crippen molar-refractivity contribution < 1.29 is 13.9 Å². The van der Waals surface area contributed by atoms with Gasteiger partial charge in [-0.05, 0) is 50.0 Å². The molecule has 0 saturated carbocycles. The number of nitrogens with one attached hydrogen (secondary N) is 1. The molecule has 1 atom stereocenters. The van der Waals surface area contributed by atoms with Crippen LogP contribution in [0.5, 0.6) is 0 Å². The predicted molar refractivity (Wildman–Crippen MR) is 101 cm³/mol. The molecule has 3 heterocycles. The molecule has 4 rings (SSSR count). The van der Waals surface area contributed by atoms with Crippen LogP contribution in [0.2, 0.25) is 0 Å². The van der Waals surface area contributed by atoms with Crippen LogP contribution in [0, 0.1) is 11.7 Å². The fourth-order valence-electron chi connectivity index (χ4n) is 4.34. The van der Waals surface area contributed by atoms with Crippen molar-refractivity contribution in [3.8, 4) is 0 Å². The van der Waals surface area contributed by atoms with E-state index in [4.69, 9.17) is 4.74 Å². The van der Waals surface area contributed by atoms with Crippen LogP contribution in [-0.4, -0.2) is 72.1 Å². The molecule has 2 fully saturated rings. The number of imidazole rings is 1. The van der Waals surface area contributed by atoms with Crippen LogP contribution in [0.1, 0.15) is 31.0 Å². The largest absolute Gasteiger partial charge is 0.383 e. The van der Waals surface area contributed by atoms with Crippen molar-refractivity contribution in [2.45, 2.75) is 25.2 Å². The Bertz CT molecular complexity index is 800. The number of nitrogens with zero attached hydrogens (tertiary/aromatic N) is 3. The second-order valence-corrected chi connectivity index (χ2v) is 7.76. The highest BCUT2D eigenvalue weighted by molar-refractivity contribution is 5.78. The number of halogens is 1. The minimum Gasteiger partial charge on any atom is -0.383 e. The summed E-state index contributed by atoms with van der Waals surface area (Å²) in [5.41, 5.74) is 1.60. The van der Waals surface area contributed by atoms with Gasteiger partial charge in [-0.2, -0.15) is 0 Å². The van der Waals surface area contributed by atoms with Gasteiger partial charge in [0.1, 0.15) is 11.6 Å². The van der Waals surface area contributed by atoms with Crippen molar-refractivity contribution >= 4 is 16.9 Å². The van der Waals surface area contributed by atoms with Gasteiger partial charge in [-0.1, -0.05) is 0 Å². The summed E-state index contributed by atoms with van der Waals surface area (Å²) in [4.78, 5) is 24.4. The van der Waals surface area contributed by atoms with E-state index >= 15 is 0 Å². The number of hydrogen-bond acceptors (Lipinski definition) is 4. The van der Waals surface area contributed by atoms with Crippen molar-refractivity contribution in [2.24, 2.45) is 5.92 Å². The number of likely N-dealkylation sites (tertiary alicyclic amines) is 2. The number of carbonyl (C=O) groups is 1. The zero-order valence-corrected chi connectivity index (χ0v) is 15.8. The molecule has 1 aromatic heterocycles. The maximum Gasteiger partial charge on any atom is 0.223 e. The van der Waals surface area contributed by atoms with Gasteiger partial charge in [0.15, 0.2) is 0 Å². The monoisotopic (exact) mass is 374 g/mol. The highest BCUT2D eigenvalue weighted by atomic mass is 19.1. The minimum atomic E-state index is -0.238. The van der Waals surface area contributed by atoms with Gasteiger partial charge in [-0.15, -0.1) is 0 Å². The zero-order chi connectivity index (χ0) is 18.8. The third-order valence-corrected chi connectivity index (χ3v) is 5.81. The second-order valence-electron chi connectivity index (χ2n) is 7.76. The lowest BCUT2D eigenvalue weighted by Gasteiger charge is -2.32. The van der Waals surface area contributed by atoms with Crippen molar-refractivity contribution in [3.63, 3.8) is 0 Å². The Kier molecular flexibility index (Phi) is 5.41. The van der Waals surface area contributed by atoms with E-state index in [0.29, 0.717) is 31.4 Å². The average Bonchev–Trinajstić information content (AvgIpc) is 3.23.